The molecule has 1 amide bonds. The topological polar surface area (TPSA) is 57.6 Å². The Morgan fingerprint density at radius 1 is 1.33 bits per heavy atom. The number of carboxylic acids is 1. The van der Waals surface area contributed by atoms with Gasteiger partial charge in [0.1, 0.15) is 0 Å². The van der Waals surface area contributed by atoms with Crippen molar-refractivity contribution in [3.63, 3.8) is 0 Å². The average Bonchev–Trinajstić information content (AvgIpc) is 2.71. The zero-order valence-electron chi connectivity index (χ0n) is 11.5. The summed E-state index contributed by atoms with van der Waals surface area (Å²) in [6, 6.07) is 0. The number of amides is 1. The fourth-order valence-corrected chi connectivity index (χ4v) is 2.79. The van der Waals surface area contributed by atoms with E-state index in [-0.39, 0.29) is 11.8 Å². The highest BCUT2D eigenvalue weighted by Gasteiger charge is 2.42. The lowest BCUT2D eigenvalue weighted by molar-refractivity contribution is -0.148. The van der Waals surface area contributed by atoms with Crippen LogP contribution in [-0.2, 0) is 9.59 Å². The predicted octanol–water partition coefficient (Wildman–Crippen LogP) is 2.16. The van der Waals surface area contributed by atoms with Crippen LogP contribution in [0.15, 0.2) is 12.2 Å². The highest BCUT2D eigenvalue weighted by molar-refractivity contribution is 5.85. The summed E-state index contributed by atoms with van der Waals surface area (Å²) in [7, 11) is 1.72. The van der Waals surface area contributed by atoms with Crippen molar-refractivity contribution in [2.45, 2.75) is 33.1 Å². The van der Waals surface area contributed by atoms with Gasteiger partial charge in [0.2, 0.25) is 5.91 Å². The minimum atomic E-state index is -0.840. The molecule has 1 aliphatic rings. The number of carbonyl (C=O) groups is 2. The van der Waals surface area contributed by atoms with Crippen molar-refractivity contribution in [1.29, 1.82) is 0 Å². The number of likely N-dealkylation sites (N-methyl/N-ethyl adjacent to an activating group) is 1. The van der Waals surface area contributed by atoms with Gasteiger partial charge in [-0.05, 0) is 25.7 Å². The molecule has 1 N–H and O–H groups in total. The van der Waals surface area contributed by atoms with Gasteiger partial charge in [-0.3, -0.25) is 9.59 Å². The van der Waals surface area contributed by atoms with Crippen LogP contribution >= 0.6 is 0 Å². The van der Waals surface area contributed by atoms with Gasteiger partial charge in [-0.1, -0.05) is 25.5 Å². The van der Waals surface area contributed by atoms with Gasteiger partial charge >= 0.3 is 5.97 Å². The summed E-state index contributed by atoms with van der Waals surface area (Å²) in [6.07, 6.45) is 2.27. The zero-order valence-corrected chi connectivity index (χ0v) is 11.5. The highest BCUT2D eigenvalue weighted by atomic mass is 16.4. The van der Waals surface area contributed by atoms with Gasteiger partial charge in [-0.25, -0.2) is 0 Å². The maximum absolute atomic E-state index is 12.3. The Labute approximate surface area is 109 Å². The Bertz CT molecular complexity index is 351. The molecule has 0 radical (unpaired) electrons. The van der Waals surface area contributed by atoms with E-state index in [1.54, 1.807) is 11.9 Å². The molecule has 0 aromatic rings. The van der Waals surface area contributed by atoms with Crippen LogP contribution in [0, 0.1) is 17.8 Å². The van der Waals surface area contributed by atoms with Crippen molar-refractivity contribution in [3.05, 3.63) is 12.2 Å². The molecule has 4 nitrogen and oxygen atoms in total. The Hall–Kier alpha value is -1.32. The summed E-state index contributed by atoms with van der Waals surface area (Å²) in [4.78, 5) is 25.1. The molecule has 3 atom stereocenters. The SMILES string of the molecule is C=C(C)CN(C)C(=O)C1CC(CC)CC1C(=O)O. The first kappa shape index (κ1) is 14.7. The Kier molecular flexibility index (Phi) is 4.93. The van der Waals surface area contributed by atoms with Crippen molar-refractivity contribution in [2.24, 2.45) is 17.8 Å². The van der Waals surface area contributed by atoms with E-state index in [1.807, 2.05) is 13.8 Å². The van der Waals surface area contributed by atoms with Gasteiger partial charge in [0, 0.05) is 13.6 Å². The van der Waals surface area contributed by atoms with Gasteiger partial charge in [0.05, 0.1) is 11.8 Å². The zero-order chi connectivity index (χ0) is 13.9. The molecule has 1 aliphatic carbocycles. The van der Waals surface area contributed by atoms with Gasteiger partial charge < -0.3 is 10.0 Å². The number of nitrogens with zero attached hydrogens (tertiary/aromatic N) is 1. The third-order valence-corrected chi connectivity index (χ3v) is 3.76. The van der Waals surface area contributed by atoms with Crippen LogP contribution in [0.25, 0.3) is 0 Å². The summed E-state index contributed by atoms with van der Waals surface area (Å²) in [5, 5.41) is 9.22. The third kappa shape index (κ3) is 3.34. The number of carbonyl (C=O) groups excluding carboxylic acids is 1. The molecule has 1 rings (SSSR count). The van der Waals surface area contributed by atoms with Crippen LogP contribution in [0.1, 0.15) is 33.1 Å². The molecular formula is C14H23NO3. The van der Waals surface area contributed by atoms with Crippen molar-refractivity contribution in [1.82, 2.24) is 4.90 Å². The maximum atomic E-state index is 12.3. The van der Waals surface area contributed by atoms with Crippen molar-refractivity contribution in [2.75, 3.05) is 13.6 Å². The minimum absolute atomic E-state index is 0.0543. The van der Waals surface area contributed by atoms with Crippen molar-refractivity contribution >= 4 is 11.9 Å². The van der Waals surface area contributed by atoms with E-state index >= 15 is 0 Å². The molecule has 18 heavy (non-hydrogen) atoms. The van der Waals surface area contributed by atoms with Gasteiger partial charge in [-0.15, -0.1) is 0 Å². The molecule has 0 bridgehead atoms. The normalized spacial score (nSPS) is 26.9. The highest BCUT2D eigenvalue weighted by Crippen LogP contribution is 2.39. The second-order valence-corrected chi connectivity index (χ2v) is 5.45. The van der Waals surface area contributed by atoms with Crippen LogP contribution < -0.4 is 0 Å². The number of rotatable bonds is 5. The molecule has 0 aromatic carbocycles. The summed E-state index contributed by atoms with van der Waals surface area (Å²) in [5.41, 5.74) is 0.905. The smallest absolute Gasteiger partial charge is 0.307 e. The molecule has 1 saturated carbocycles. The summed E-state index contributed by atoms with van der Waals surface area (Å²) in [5.74, 6) is -1.42. The van der Waals surface area contributed by atoms with Crippen LogP contribution in [-0.4, -0.2) is 35.5 Å². The van der Waals surface area contributed by atoms with E-state index in [2.05, 4.69) is 6.58 Å². The molecule has 0 aromatic heterocycles. The van der Waals surface area contributed by atoms with E-state index < -0.39 is 11.9 Å². The molecule has 4 heteroatoms. The van der Waals surface area contributed by atoms with E-state index in [0.29, 0.717) is 25.3 Å². The molecule has 0 spiro atoms. The van der Waals surface area contributed by atoms with Gasteiger partial charge in [0.15, 0.2) is 0 Å². The molecule has 3 unspecified atom stereocenters. The summed E-state index contributed by atoms with van der Waals surface area (Å²) >= 11 is 0. The molecule has 102 valence electrons. The first-order valence-electron chi connectivity index (χ1n) is 6.49. The lowest BCUT2D eigenvalue weighted by atomic mass is 9.95. The van der Waals surface area contributed by atoms with E-state index in [0.717, 1.165) is 12.0 Å². The second kappa shape index (κ2) is 6.03. The quantitative estimate of drug-likeness (QED) is 0.764. The second-order valence-electron chi connectivity index (χ2n) is 5.45. The molecule has 0 saturated heterocycles. The van der Waals surface area contributed by atoms with E-state index in [1.165, 1.54) is 0 Å². The molecule has 1 fully saturated rings. The summed E-state index contributed by atoms with van der Waals surface area (Å²) in [6.45, 7) is 8.19. The number of aliphatic carboxylic acids is 1. The van der Waals surface area contributed by atoms with Crippen LogP contribution in [0.3, 0.4) is 0 Å². The number of hydrogen-bond donors (Lipinski definition) is 1. The Morgan fingerprint density at radius 3 is 2.33 bits per heavy atom. The lowest BCUT2D eigenvalue weighted by Crippen LogP contribution is -2.37. The molecule has 0 aliphatic heterocycles. The first-order valence-corrected chi connectivity index (χ1v) is 6.49. The standard InChI is InChI=1S/C14H23NO3/c1-5-10-6-11(12(7-10)14(17)18)13(16)15(4)8-9(2)3/h10-12H,2,5-8H2,1,3-4H3,(H,17,18). The third-order valence-electron chi connectivity index (χ3n) is 3.76. The minimum Gasteiger partial charge on any atom is -0.481 e. The fraction of sp³-hybridized carbons (Fsp3) is 0.714. The number of hydrogen-bond acceptors (Lipinski definition) is 2. The number of carboxylic acid groups (broad SMARTS) is 1. The van der Waals surface area contributed by atoms with E-state index in [9.17, 15) is 14.7 Å². The fourth-order valence-electron chi connectivity index (χ4n) is 2.79. The maximum Gasteiger partial charge on any atom is 0.307 e. The van der Waals surface area contributed by atoms with Crippen LogP contribution in [0.4, 0.5) is 0 Å². The Morgan fingerprint density at radius 2 is 1.89 bits per heavy atom. The lowest BCUT2D eigenvalue weighted by Gasteiger charge is -2.23. The van der Waals surface area contributed by atoms with Crippen LogP contribution in [0.2, 0.25) is 0 Å². The monoisotopic (exact) mass is 253 g/mol. The molecular weight excluding hydrogens is 230 g/mol. The molecule has 0 heterocycles. The van der Waals surface area contributed by atoms with Crippen molar-refractivity contribution in [3.8, 4) is 0 Å². The van der Waals surface area contributed by atoms with Gasteiger partial charge in [0.25, 0.3) is 0 Å². The Balaban J connectivity index is 2.76. The largest absolute Gasteiger partial charge is 0.481 e. The van der Waals surface area contributed by atoms with Gasteiger partial charge in [-0.2, -0.15) is 0 Å². The van der Waals surface area contributed by atoms with E-state index in [4.69, 9.17) is 0 Å². The van der Waals surface area contributed by atoms with Crippen LogP contribution in [0.5, 0.6) is 0 Å². The predicted molar refractivity (Wildman–Crippen MR) is 70.1 cm³/mol. The first-order chi connectivity index (χ1) is 8.36. The average molecular weight is 253 g/mol. The van der Waals surface area contributed by atoms with Crippen molar-refractivity contribution < 1.29 is 14.7 Å². The summed E-state index contributed by atoms with van der Waals surface area (Å²) < 4.78 is 0.